The van der Waals surface area contributed by atoms with Gasteiger partial charge < -0.3 is 10.5 Å². The smallest absolute Gasteiger partial charge is 0.387 e. The van der Waals surface area contributed by atoms with Crippen LogP contribution in [-0.2, 0) is 6.54 Å². The van der Waals surface area contributed by atoms with Crippen LogP contribution in [0, 0.1) is 3.70 Å². The molecule has 0 aromatic carbocycles. The number of carbonyl (C=O) groups excluding carboxylic acids is 1. The second kappa shape index (κ2) is 4.95. The number of aldehydes is 1. The third-order valence-electron chi connectivity index (χ3n) is 1.63. The molecule has 0 amide bonds. The van der Waals surface area contributed by atoms with Gasteiger partial charge in [-0.15, -0.1) is 13.2 Å². The van der Waals surface area contributed by atoms with E-state index in [2.05, 4.69) is 9.72 Å². The van der Waals surface area contributed by atoms with Crippen molar-refractivity contribution in [2.24, 2.45) is 5.73 Å². The summed E-state index contributed by atoms with van der Waals surface area (Å²) in [6.45, 7) is -0.0686. The lowest BCUT2D eigenvalue weighted by molar-refractivity contribution is -0.276. The zero-order valence-corrected chi connectivity index (χ0v) is 9.87. The van der Waals surface area contributed by atoms with E-state index in [1.807, 2.05) is 0 Å². The number of alkyl halides is 3. The molecule has 8 heteroatoms. The summed E-state index contributed by atoms with van der Waals surface area (Å²) in [6, 6.07) is 1.42. The summed E-state index contributed by atoms with van der Waals surface area (Å²) in [5.74, 6) is -0.769. The van der Waals surface area contributed by atoms with Crippen LogP contribution in [0.15, 0.2) is 6.07 Å². The van der Waals surface area contributed by atoms with Crippen molar-refractivity contribution in [3.63, 3.8) is 0 Å². The number of rotatable bonds is 3. The Morgan fingerprint density at radius 3 is 2.62 bits per heavy atom. The van der Waals surface area contributed by atoms with Gasteiger partial charge in [0.1, 0.15) is 3.70 Å². The number of halogens is 4. The molecule has 1 aromatic heterocycles. The monoisotopic (exact) mass is 346 g/mol. The fraction of sp³-hybridized carbons (Fsp3) is 0.250. The lowest BCUT2D eigenvalue weighted by Gasteiger charge is -2.12. The van der Waals surface area contributed by atoms with E-state index in [-0.39, 0.29) is 27.7 Å². The molecule has 88 valence electrons. The molecule has 4 nitrogen and oxygen atoms in total. The SMILES string of the molecule is NCc1cc(I)nc(OC(F)(F)F)c1C=O. The average molecular weight is 346 g/mol. The maximum atomic E-state index is 12.0. The topological polar surface area (TPSA) is 65.2 Å². The molecule has 0 aliphatic carbocycles. The Balaban J connectivity index is 3.25. The van der Waals surface area contributed by atoms with E-state index in [0.717, 1.165) is 0 Å². The normalized spacial score (nSPS) is 11.3. The van der Waals surface area contributed by atoms with Crippen molar-refractivity contribution in [1.82, 2.24) is 4.98 Å². The maximum absolute atomic E-state index is 12.0. The number of hydrogen-bond donors (Lipinski definition) is 1. The van der Waals surface area contributed by atoms with Gasteiger partial charge in [0.15, 0.2) is 6.29 Å². The first-order chi connectivity index (χ1) is 7.37. The molecule has 0 spiro atoms. The third-order valence-corrected chi connectivity index (χ3v) is 2.18. The Morgan fingerprint density at radius 1 is 1.56 bits per heavy atom. The second-order valence-electron chi connectivity index (χ2n) is 2.69. The minimum absolute atomic E-state index is 0.0686. The molecule has 1 heterocycles. The molecule has 0 aliphatic rings. The lowest BCUT2D eigenvalue weighted by Crippen LogP contribution is -2.20. The van der Waals surface area contributed by atoms with Gasteiger partial charge in [-0.1, -0.05) is 0 Å². The third kappa shape index (κ3) is 3.30. The Kier molecular flexibility index (Phi) is 4.08. The van der Waals surface area contributed by atoms with Crippen LogP contribution in [0.1, 0.15) is 15.9 Å². The molecular weight excluding hydrogens is 340 g/mol. The van der Waals surface area contributed by atoms with Gasteiger partial charge in [0.2, 0.25) is 5.88 Å². The Hall–Kier alpha value is -0.900. The van der Waals surface area contributed by atoms with Crippen LogP contribution in [0.25, 0.3) is 0 Å². The maximum Gasteiger partial charge on any atom is 0.574 e. The first kappa shape index (κ1) is 13.2. The highest BCUT2D eigenvalue weighted by atomic mass is 127. The van der Waals surface area contributed by atoms with Gasteiger partial charge in [-0.05, 0) is 34.2 Å². The molecule has 0 saturated heterocycles. The number of carbonyl (C=O) groups is 1. The van der Waals surface area contributed by atoms with Gasteiger partial charge in [-0.2, -0.15) is 0 Å². The largest absolute Gasteiger partial charge is 0.574 e. The quantitative estimate of drug-likeness (QED) is 0.516. The Morgan fingerprint density at radius 2 is 2.19 bits per heavy atom. The first-order valence-corrected chi connectivity index (χ1v) is 5.05. The van der Waals surface area contributed by atoms with Crippen LogP contribution in [0.5, 0.6) is 5.88 Å². The number of pyridine rings is 1. The van der Waals surface area contributed by atoms with Crippen molar-refractivity contribution >= 4 is 28.9 Å². The van der Waals surface area contributed by atoms with Gasteiger partial charge in [-0.3, -0.25) is 4.79 Å². The van der Waals surface area contributed by atoms with Crippen molar-refractivity contribution in [3.05, 3.63) is 20.9 Å². The van der Waals surface area contributed by atoms with E-state index in [9.17, 15) is 18.0 Å². The highest BCUT2D eigenvalue weighted by Crippen LogP contribution is 2.26. The van der Waals surface area contributed by atoms with Crippen molar-refractivity contribution in [2.75, 3.05) is 0 Å². The molecule has 0 unspecified atom stereocenters. The molecule has 0 saturated carbocycles. The molecule has 1 rings (SSSR count). The predicted molar refractivity (Wildman–Crippen MR) is 56.9 cm³/mol. The Bertz CT molecular complexity index is 409. The highest BCUT2D eigenvalue weighted by molar-refractivity contribution is 14.1. The van der Waals surface area contributed by atoms with Crippen molar-refractivity contribution in [1.29, 1.82) is 0 Å². The molecule has 16 heavy (non-hydrogen) atoms. The molecule has 2 N–H and O–H groups in total. The molecule has 0 radical (unpaired) electrons. The molecule has 1 aromatic rings. The number of aromatic nitrogens is 1. The van der Waals surface area contributed by atoms with Gasteiger partial charge in [0.25, 0.3) is 0 Å². The van der Waals surface area contributed by atoms with Crippen LogP contribution in [-0.4, -0.2) is 17.6 Å². The van der Waals surface area contributed by atoms with Crippen molar-refractivity contribution in [3.8, 4) is 5.88 Å². The van der Waals surface area contributed by atoms with Gasteiger partial charge in [-0.25, -0.2) is 4.98 Å². The van der Waals surface area contributed by atoms with Crippen molar-refractivity contribution < 1.29 is 22.7 Å². The summed E-state index contributed by atoms with van der Waals surface area (Å²) in [7, 11) is 0. The first-order valence-electron chi connectivity index (χ1n) is 3.97. The van der Waals surface area contributed by atoms with Gasteiger partial charge in [0, 0.05) is 6.54 Å². The summed E-state index contributed by atoms with van der Waals surface area (Å²) in [6.07, 6.45) is -4.65. The van der Waals surface area contributed by atoms with E-state index >= 15 is 0 Å². The van der Waals surface area contributed by atoms with E-state index in [1.165, 1.54) is 6.07 Å². The van der Waals surface area contributed by atoms with E-state index in [4.69, 9.17) is 5.73 Å². The zero-order valence-electron chi connectivity index (χ0n) is 7.71. The van der Waals surface area contributed by atoms with Gasteiger partial charge >= 0.3 is 6.36 Å². The summed E-state index contributed by atoms with van der Waals surface area (Å²) < 4.78 is 40.0. The fourth-order valence-corrected chi connectivity index (χ4v) is 1.63. The minimum atomic E-state index is -4.89. The number of nitrogens with two attached hydrogens (primary N) is 1. The van der Waals surface area contributed by atoms with Crippen LogP contribution in [0.2, 0.25) is 0 Å². The van der Waals surface area contributed by atoms with Crippen LogP contribution < -0.4 is 10.5 Å². The molecule has 0 atom stereocenters. The lowest BCUT2D eigenvalue weighted by atomic mass is 10.1. The van der Waals surface area contributed by atoms with Crippen molar-refractivity contribution in [2.45, 2.75) is 12.9 Å². The summed E-state index contributed by atoms with van der Waals surface area (Å²) in [5, 5.41) is 0. The Labute approximate surface area is 102 Å². The number of nitrogens with zero attached hydrogens (tertiary/aromatic N) is 1. The molecular formula is C8H6F3IN2O2. The van der Waals surface area contributed by atoms with Crippen LogP contribution >= 0.6 is 22.6 Å². The zero-order chi connectivity index (χ0) is 12.3. The van der Waals surface area contributed by atoms with Gasteiger partial charge in [0.05, 0.1) is 5.56 Å². The fourth-order valence-electron chi connectivity index (χ4n) is 1.03. The predicted octanol–water partition coefficient (Wildman–Crippen LogP) is 1.86. The van der Waals surface area contributed by atoms with E-state index in [1.54, 1.807) is 22.6 Å². The molecule has 0 fully saturated rings. The highest BCUT2D eigenvalue weighted by Gasteiger charge is 2.33. The number of ether oxygens (including phenoxy) is 1. The summed E-state index contributed by atoms with van der Waals surface area (Å²) >= 11 is 1.71. The average Bonchev–Trinajstić information content (AvgIpc) is 2.14. The standard InChI is InChI=1S/C8H6F3IN2O2/c9-8(10,11)16-7-5(3-15)4(2-13)1-6(12)14-7/h1,3H,2,13H2. The summed E-state index contributed by atoms with van der Waals surface area (Å²) in [4.78, 5) is 14.2. The van der Waals surface area contributed by atoms with Crippen LogP contribution in [0.4, 0.5) is 13.2 Å². The van der Waals surface area contributed by atoms with E-state index < -0.39 is 12.2 Å². The van der Waals surface area contributed by atoms with Crippen LogP contribution in [0.3, 0.4) is 0 Å². The molecule has 0 aliphatic heterocycles. The second-order valence-corrected chi connectivity index (χ2v) is 3.80. The molecule has 0 bridgehead atoms. The minimum Gasteiger partial charge on any atom is -0.387 e. The number of hydrogen-bond acceptors (Lipinski definition) is 4. The summed E-state index contributed by atoms with van der Waals surface area (Å²) in [5.41, 5.74) is 5.28. The van der Waals surface area contributed by atoms with E-state index in [0.29, 0.717) is 0 Å².